The molecule has 1 amide bonds. The van der Waals surface area contributed by atoms with Gasteiger partial charge in [0, 0.05) is 17.1 Å². The Kier molecular flexibility index (Phi) is 4.88. The third-order valence-electron chi connectivity index (χ3n) is 3.39. The van der Waals surface area contributed by atoms with Crippen molar-refractivity contribution in [1.29, 1.82) is 0 Å². The first-order valence-electron chi connectivity index (χ1n) is 6.40. The van der Waals surface area contributed by atoms with Gasteiger partial charge in [-0.2, -0.15) is 0 Å². The first-order chi connectivity index (χ1) is 9.84. The monoisotopic (exact) mass is 333 g/mol. The average Bonchev–Trinajstić information content (AvgIpc) is 2.69. The van der Waals surface area contributed by atoms with E-state index < -0.39 is 27.9 Å². The van der Waals surface area contributed by atoms with Crippen LogP contribution in [0.2, 0.25) is 5.02 Å². The molecule has 0 aromatic heterocycles. The smallest absolute Gasteiger partial charge is 0.254 e. The van der Waals surface area contributed by atoms with Crippen molar-refractivity contribution in [1.82, 2.24) is 4.90 Å². The van der Waals surface area contributed by atoms with Crippen LogP contribution in [0.3, 0.4) is 0 Å². The number of aliphatic hydroxyl groups excluding tert-OH is 2. The summed E-state index contributed by atoms with van der Waals surface area (Å²) in [5, 5.41) is 19.5. The van der Waals surface area contributed by atoms with Gasteiger partial charge in [0.15, 0.2) is 9.84 Å². The predicted octanol–water partition coefficient (Wildman–Crippen LogP) is -0.0676. The molecule has 1 fully saturated rings. The lowest BCUT2D eigenvalue weighted by molar-refractivity contribution is 0.0451. The van der Waals surface area contributed by atoms with E-state index in [2.05, 4.69) is 0 Å². The van der Waals surface area contributed by atoms with Crippen LogP contribution in [-0.2, 0) is 9.84 Å². The van der Waals surface area contributed by atoms with Gasteiger partial charge in [0.1, 0.15) is 0 Å². The van der Waals surface area contributed by atoms with Gasteiger partial charge in [0.05, 0.1) is 30.3 Å². The Hall–Kier alpha value is -1.15. The molecule has 2 N–H and O–H groups in total. The summed E-state index contributed by atoms with van der Waals surface area (Å²) in [6.07, 6.45) is -1.14. The topological polar surface area (TPSA) is 94.9 Å². The normalized spacial score (nSPS) is 24.0. The van der Waals surface area contributed by atoms with Crippen LogP contribution in [-0.4, -0.2) is 66.2 Å². The van der Waals surface area contributed by atoms with E-state index in [-0.39, 0.29) is 24.7 Å². The molecule has 6 nitrogen and oxygen atoms in total. The van der Waals surface area contributed by atoms with Gasteiger partial charge >= 0.3 is 0 Å². The van der Waals surface area contributed by atoms with Gasteiger partial charge in [-0.15, -0.1) is 0 Å². The minimum atomic E-state index is -3.38. The average molecular weight is 334 g/mol. The van der Waals surface area contributed by atoms with Gasteiger partial charge in [-0.3, -0.25) is 4.79 Å². The Morgan fingerprint density at radius 3 is 2.38 bits per heavy atom. The van der Waals surface area contributed by atoms with E-state index >= 15 is 0 Å². The van der Waals surface area contributed by atoms with Crippen molar-refractivity contribution in [3.05, 3.63) is 34.9 Å². The van der Waals surface area contributed by atoms with Crippen LogP contribution >= 0.6 is 11.6 Å². The number of carbonyl (C=O) groups excluding carboxylic acids is 1. The summed E-state index contributed by atoms with van der Waals surface area (Å²) < 4.78 is 23.2. The van der Waals surface area contributed by atoms with E-state index in [4.69, 9.17) is 16.7 Å². The van der Waals surface area contributed by atoms with Crippen molar-refractivity contribution < 1.29 is 23.4 Å². The molecule has 1 aromatic carbocycles. The van der Waals surface area contributed by atoms with Gasteiger partial charge in [-0.25, -0.2) is 8.42 Å². The highest BCUT2D eigenvalue weighted by atomic mass is 35.5. The number of aliphatic hydroxyl groups is 2. The van der Waals surface area contributed by atoms with Crippen molar-refractivity contribution in [2.75, 3.05) is 24.7 Å². The third-order valence-corrected chi connectivity index (χ3v) is 5.34. The van der Waals surface area contributed by atoms with Crippen LogP contribution < -0.4 is 0 Å². The Bertz CT molecular complexity index is 616. The largest absolute Gasteiger partial charge is 0.395 e. The minimum absolute atomic E-state index is 0.0429. The van der Waals surface area contributed by atoms with Crippen molar-refractivity contribution >= 4 is 27.3 Å². The standard InChI is InChI=1S/C13H16ClNO5S/c14-10-3-1-9(2-4-10)13(18)15(5-6-16)11-7-21(19,20)8-12(11)17/h1-4,11-12,16-17H,5-8H2/t11-,12-/m0/s1. The first-order valence-corrected chi connectivity index (χ1v) is 8.60. The highest BCUT2D eigenvalue weighted by molar-refractivity contribution is 7.91. The van der Waals surface area contributed by atoms with Crippen LogP contribution in [0, 0.1) is 0 Å². The zero-order chi connectivity index (χ0) is 15.6. The molecule has 1 saturated heterocycles. The lowest BCUT2D eigenvalue weighted by atomic mass is 10.1. The van der Waals surface area contributed by atoms with Gasteiger partial charge in [0.2, 0.25) is 0 Å². The third kappa shape index (κ3) is 3.74. The van der Waals surface area contributed by atoms with Crippen LogP contribution in [0.25, 0.3) is 0 Å². The number of amides is 1. The maximum absolute atomic E-state index is 12.5. The predicted molar refractivity (Wildman–Crippen MR) is 78.0 cm³/mol. The summed E-state index contributed by atoms with van der Waals surface area (Å²) in [5.74, 6) is -1.11. The molecular formula is C13H16ClNO5S. The fourth-order valence-corrected chi connectivity index (χ4v) is 4.32. The van der Waals surface area contributed by atoms with Crippen molar-refractivity contribution in [2.45, 2.75) is 12.1 Å². The molecule has 1 aliphatic rings. The van der Waals surface area contributed by atoms with Gasteiger partial charge < -0.3 is 15.1 Å². The number of halogens is 1. The molecule has 0 unspecified atom stereocenters. The van der Waals surface area contributed by atoms with E-state index in [0.717, 1.165) is 0 Å². The van der Waals surface area contributed by atoms with Crippen molar-refractivity contribution in [3.8, 4) is 0 Å². The number of nitrogens with zero attached hydrogens (tertiary/aromatic N) is 1. The maximum Gasteiger partial charge on any atom is 0.254 e. The minimum Gasteiger partial charge on any atom is -0.395 e. The van der Waals surface area contributed by atoms with Crippen LogP contribution in [0.15, 0.2) is 24.3 Å². The molecule has 1 aromatic rings. The van der Waals surface area contributed by atoms with Gasteiger partial charge in [-0.1, -0.05) is 11.6 Å². The Labute approximate surface area is 127 Å². The van der Waals surface area contributed by atoms with Crippen LogP contribution in [0.5, 0.6) is 0 Å². The number of carbonyl (C=O) groups is 1. The van der Waals surface area contributed by atoms with Crippen molar-refractivity contribution in [3.63, 3.8) is 0 Å². The van der Waals surface area contributed by atoms with E-state index in [1.807, 2.05) is 0 Å². The molecule has 1 heterocycles. The zero-order valence-corrected chi connectivity index (χ0v) is 12.7. The second kappa shape index (κ2) is 6.31. The van der Waals surface area contributed by atoms with E-state index in [9.17, 15) is 18.3 Å². The van der Waals surface area contributed by atoms with Crippen LogP contribution in [0.4, 0.5) is 0 Å². The second-order valence-electron chi connectivity index (χ2n) is 4.94. The summed E-state index contributed by atoms with van der Waals surface area (Å²) in [6, 6.07) is 5.29. The molecule has 116 valence electrons. The molecule has 0 bridgehead atoms. The molecule has 1 aliphatic heterocycles. The molecular weight excluding hydrogens is 318 g/mol. The molecule has 0 radical (unpaired) electrons. The molecule has 8 heteroatoms. The summed E-state index contributed by atoms with van der Waals surface area (Å²) in [4.78, 5) is 13.7. The quantitative estimate of drug-likeness (QED) is 0.804. The van der Waals surface area contributed by atoms with Gasteiger partial charge in [-0.05, 0) is 24.3 Å². The number of benzene rings is 1. The van der Waals surface area contributed by atoms with E-state index in [1.54, 1.807) is 12.1 Å². The number of hydrogen-bond acceptors (Lipinski definition) is 5. The zero-order valence-electron chi connectivity index (χ0n) is 11.1. The first kappa shape index (κ1) is 16.2. The SMILES string of the molecule is O=C(c1ccc(Cl)cc1)N(CCO)[C@H]1CS(=O)(=O)C[C@@H]1O. The highest BCUT2D eigenvalue weighted by Gasteiger charge is 2.41. The summed E-state index contributed by atoms with van der Waals surface area (Å²) in [6.45, 7) is -0.360. The number of rotatable bonds is 4. The fraction of sp³-hybridized carbons (Fsp3) is 0.462. The number of hydrogen-bond donors (Lipinski definition) is 2. The Balaban J connectivity index is 2.26. The molecule has 2 rings (SSSR count). The number of sulfone groups is 1. The van der Waals surface area contributed by atoms with Crippen LogP contribution in [0.1, 0.15) is 10.4 Å². The molecule has 0 aliphatic carbocycles. The summed E-state index contributed by atoms with van der Waals surface area (Å²) in [5.41, 5.74) is 0.323. The van der Waals surface area contributed by atoms with Gasteiger partial charge in [0.25, 0.3) is 5.91 Å². The highest BCUT2D eigenvalue weighted by Crippen LogP contribution is 2.21. The molecule has 2 atom stereocenters. The van der Waals surface area contributed by atoms with E-state index in [1.165, 1.54) is 17.0 Å². The lowest BCUT2D eigenvalue weighted by Gasteiger charge is -2.29. The van der Waals surface area contributed by atoms with E-state index in [0.29, 0.717) is 10.6 Å². The Morgan fingerprint density at radius 2 is 1.90 bits per heavy atom. The lowest BCUT2D eigenvalue weighted by Crippen LogP contribution is -2.48. The summed E-state index contributed by atoms with van der Waals surface area (Å²) in [7, 11) is -3.38. The second-order valence-corrected chi connectivity index (χ2v) is 7.53. The fourth-order valence-electron chi connectivity index (χ4n) is 2.39. The molecule has 21 heavy (non-hydrogen) atoms. The summed E-state index contributed by atoms with van der Waals surface area (Å²) >= 11 is 5.76. The van der Waals surface area contributed by atoms with Crippen molar-refractivity contribution in [2.24, 2.45) is 0 Å². The molecule has 0 spiro atoms. The Morgan fingerprint density at radius 1 is 1.29 bits per heavy atom. The maximum atomic E-state index is 12.5. The molecule has 0 saturated carbocycles.